The van der Waals surface area contributed by atoms with Crippen molar-refractivity contribution in [3.05, 3.63) is 76.7 Å². The van der Waals surface area contributed by atoms with E-state index >= 15 is 0 Å². The van der Waals surface area contributed by atoms with Gasteiger partial charge in [-0.05, 0) is 31.0 Å². The van der Waals surface area contributed by atoms with Crippen LogP contribution in [0.25, 0.3) is 16.7 Å². The van der Waals surface area contributed by atoms with E-state index in [1.54, 1.807) is 15.5 Å². The summed E-state index contributed by atoms with van der Waals surface area (Å²) < 4.78 is 1.81. The summed E-state index contributed by atoms with van der Waals surface area (Å²) in [5, 5.41) is 0. The number of likely N-dealkylation sites (tertiary alicyclic amines) is 1. The van der Waals surface area contributed by atoms with Crippen molar-refractivity contribution in [1.82, 2.24) is 19.4 Å². The van der Waals surface area contributed by atoms with E-state index in [0.717, 1.165) is 16.6 Å². The van der Waals surface area contributed by atoms with Crippen molar-refractivity contribution in [2.75, 3.05) is 19.6 Å². The minimum absolute atomic E-state index is 0.00987. The SMILES string of the molecule is C=C1c2ccccc2C(=O)N1CC(=O)N1CCC(n2c(=O)[nH]c3ccccc32)CC1. The van der Waals surface area contributed by atoms with Crippen LogP contribution in [-0.2, 0) is 4.79 Å². The first-order valence-electron chi connectivity index (χ1n) is 10.1. The quantitative estimate of drug-likeness (QED) is 0.732. The number of piperidine rings is 1. The van der Waals surface area contributed by atoms with E-state index in [0.29, 0.717) is 37.2 Å². The first kappa shape index (κ1) is 18.4. The van der Waals surface area contributed by atoms with Crippen LogP contribution in [0.15, 0.2) is 59.9 Å². The standard InChI is InChI=1S/C23H22N4O3/c1-15-17-6-2-3-7-18(17)22(29)26(15)14-21(28)25-12-10-16(11-13-25)27-20-9-5-4-8-19(20)24-23(27)30/h2-9,16H,1,10-14H2,(H,24,30). The highest BCUT2D eigenvalue weighted by Gasteiger charge is 2.34. The second-order valence-corrected chi connectivity index (χ2v) is 7.81. The lowest BCUT2D eigenvalue weighted by Crippen LogP contribution is -2.45. The van der Waals surface area contributed by atoms with Gasteiger partial charge in [0, 0.05) is 36.0 Å². The summed E-state index contributed by atoms with van der Waals surface area (Å²) in [6.45, 7) is 5.10. The van der Waals surface area contributed by atoms with Crippen molar-refractivity contribution in [2.24, 2.45) is 0 Å². The number of carbonyl (C=O) groups excluding carboxylic acids is 2. The molecule has 7 heteroatoms. The lowest BCUT2D eigenvalue weighted by atomic mass is 10.0. The molecule has 1 fully saturated rings. The molecule has 0 radical (unpaired) electrons. The van der Waals surface area contributed by atoms with E-state index in [9.17, 15) is 14.4 Å². The zero-order valence-corrected chi connectivity index (χ0v) is 16.5. The van der Waals surface area contributed by atoms with Crippen LogP contribution in [0.4, 0.5) is 0 Å². The normalized spacial score (nSPS) is 17.1. The number of nitrogens with zero attached hydrogens (tertiary/aromatic N) is 3. The Morgan fingerprint density at radius 2 is 1.67 bits per heavy atom. The van der Waals surface area contributed by atoms with Gasteiger partial charge in [-0.1, -0.05) is 36.9 Å². The van der Waals surface area contributed by atoms with Crippen LogP contribution in [0.1, 0.15) is 34.8 Å². The van der Waals surface area contributed by atoms with Gasteiger partial charge in [-0.25, -0.2) is 4.79 Å². The molecular weight excluding hydrogens is 380 g/mol. The molecule has 2 aliphatic heterocycles. The third kappa shape index (κ3) is 2.85. The van der Waals surface area contributed by atoms with Gasteiger partial charge in [0.05, 0.1) is 11.0 Å². The first-order chi connectivity index (χ1) is 14.5. The Balaban J connectivity index is 1.27. The third-order valence-electron chi connectivity index (χ3n) is 6.14. The summed E-state index contributed by atoms with van der Waals surface area (Å²) >= 11 is 0. The van der Waals surface area contributed by atoms with E-state index in [2.05, 4.69) is 11.6 Å². The van der Waals surface area contributed by atoms with Gasteiger partial charge in [0.15, 0.2) is 0 Å². The summed E-state index contributed by atoms with van der Waals surface area (Å²) in [5.74, 6) is -0.272. The Kier molecular flexibility index (Phi) is 4.31. The highest BCUT2D eigenvalue weighted by molar-refractivity contribution is 6.10. The molecule has 3 aromatic rings. The molecule has 0 spiro atoms. The summed E-state index contributed by atoms with van der Waals surface area (Å²) in [7, 11) is 0. The predicted molar refractivity (Wildman–Crippen MR) is 114 cm³/mol. The summed E-state index contributed by atoms with van der Waals surface area (Å²) in [4.78, 5) is 44.1. The molecule has 0 aliphatic carbocycles. The molecule has 1 aromatic heterocycles. The predicted octanol–water partition coefficient (Wildman–Crippen LogP) is 2.62. The largest absolute Gasteiger partial charge is 0.341 e. The number of fused-ring (bicyclic) bond motifs is 2. The lowest BCUT2D eigenvalue weighted by Gasteiger charge is -2.33. The van der Waals surface area contributed by atoms with Gasteiger partial charge in [-0.15, -0.1) is 0 Å². The molecule has 3 heterocycles. The van der Waals surface area contributed by atoms with E-state index in [4.69, 9.17) is 0 Å². The molecule has 0 saturated carbocycles. The number of hydrogen-bond acceptors (Lipinski definition) is 3. The van der Waals surface area contributed by atoms with Crippen LogP contribution < -0.4 is 5.69 Å². The summed E-state index contributed by atoms with van der Waals surface area (Å²) in [6, 6.07) is 15.0. The van der Waals surface area contributed by atoms with Crippen LogP contribution in [0.5, 0.6) is 0 Å². The Hall–Kier alpha value is -3.61. The molecular formula is C23H22N4O3. The van der Waals surface area contributed by atoms with Crippen LogP contribution in [-0.4, -0.2) is 50.8 Å². The third-order valence-corrected chi connectivity index (χ3v) is 6.14. The van der Waals surface area contributed by atoms with Gasteiger partial charge in [-0.3, -0.25) is 19.1 Å². The topological polar surface area (TPSA) is 78.4 Å². The van der Waals surface area contributed by atoms with Crippen molar-refractivity contribution < 1.29 is 9.59 Å². The lowest BCUT2D eigenvalue weighted by molar-refractivity contribution is -0.132. The molecule has 0 atom stereocenters. The molecule has 1 saturated heterocycles. The molecule has 5 rings (SSSR count). The van der Waals surface area contributed by atoms with Crippen molar-refractivity contribution in [3.63, 3.8) is 0 Å². The minimum atomic E-state index is -0.177. The molecule has 0 unspecified atom stereocenters. The molecule has 7 nitrogen and oxygen atoms in total. The fourth-order valence-electron chi connectivity index (χ4n) is 4.55. The minimum Gasteiger partial charge on any atom is -0.341 e. The number of carbonyl (C=O) groups is 2. The molecule has 2 aromatic carbocycles. The molecule has 1 N–H and O–H groups in total. The highest BCUT2D eigenvalue weighted by atomic mass is 16.2. The fraction of sp³-hybridized carbons (Fsp3) is 0.261. The van der Waals surface area contributed by atoms with E-state index in [-0.39, 0.29) is 30.1 Å². The Morgan fingerprint density at radius 3 is 2.40 bits per heavy atom. The number of aromatic nitrogens is 2. The number of para-hydroxylation sites is 2. The number of nitrogens with one attached hydrogen (secondary N) is 1. The van der Waals surface area contributed by atoms with E-state index < -0.39 is 0 Å². The maximum atomic E-state index is 12.9. The first-order valence-corrected chi connectivity index (χ1v) is 10.1. The number of imidazole rings is 1. The Bertz CT molecular complexity index is 1200. The second kappa shape index (κ2) is 7.02. The number of hydrogen-bond donors (Lipinski definition) is 1. The average Bonchev–Trinajstić information content (AvgIpc) is 3.23. The van der Waals surface area contributed by atoms with Gasteiger partial charge in [-0.2, -0.15) is 0 Å². The van der Waals surface area contributed by atoms with Crippen molar-refractivity contribution in [2.45, 2.75) is 18.9 Å². The van der Waals surface area contributed by atoms with Gasteiger partial charge < -0.3 is 9.88 Å². The average molecular weight is 402 g/mol. The Morgan fingerprint density at radius 1 is 1.00 bits per heavy atom. The van der Waals surface area contributed by atoms with E-state index in [1.165, 1.54) is 4.90 Å². The summed E-state index contributed by atoms with van der Waals surface area (Å²) in [5.41, 5.74) is 3.55. The number of benzene rings is 2. The fourth-order valence-corrected chi connectivity index (χ4v) is 4.55. The van der Waals surface area contributed by atoms with Gasteiger partial charge in [0.1, 0.15) is 6.54 Å². The number of amides is 2. The number of aromatic amines is 1. The molecule has 2 amide bonds. The van der Waals surface area contributed by atoms with Crippen molar-refractivity contribution >= 4 is 28.5 Å². The maximum Gasteiger partial charge on any atom is 0.326 e. The van der Waals surface area contributed by atoms with Crippen LogP contribution in [0.3, 0.4) is 0 Å². The van der Waals surface area contributed by atoms with Crippen LogP contribution in [0.2, 0.25) is 0 Å². The Labute approximate surface area is 173 Å². The second-order valence-electron chi connectivity index (χ2n) is 7.81. The molecule has 30 heavy (non-hydrogen) atoms. The highest BCUT2D eigenvalue weighted by Crippen LogP contribution is 2.31. The number of rotatable bonds is 3. The molecule has 152 valence electrons. The smallest absolute Gasteiger partial charge is 0.326 e. The molecule has 2 aliphatic rings. The monoisotopic (exact) mass is 402 g/mol. The van der Waals surface area contributed by atoms with Crippen molar-refractivity contribution in [1.29, 1.82) is 0 Å². The van der Waals surface area contributed by atoms with E-state index in [1.807, 2.05) is 42.5 Å². The maximum absolute atomic E-state index is 12.9. The van der Waals surface area contributed by atoms with Gasteiger partial charge in [0.25, 0.3) is 5.91 Å². The zero-order chi connectivity index (χ0) is 20.8. The van der Waals surface area contributed by atoms with Crippen LogP contribution >= 0.6 is 0 Å². The van der Waals surface area contributed by atoms with Crippen LogP contribution in [0, 0.1) is 0 Å². The summed E-state index contributed by atoms with van der Waals surface area (Å²) in [6.07, 6.45) is 1.39. The zero-order valence-electron chi connectivity index (χ0n) is 16.5. The molecule has 0 bridgehead atoms. The number of H-pyrrole nitrogens is 1. The van der Waals surface area contributed by atoms with Gasteiger partial charge in [0.2, 0.25) is 5.91 Å². The van der Waals surface area contributed by atoms with Gasteiger partial charge >= 0.3 is 5.69 Å². The van der Waals surface area contributed by atoms with Crippen molar-refractivity contribution in [3.8, 4) is 0 Å².